The van der Waals surface area contributed by atoms with Crippen LogP contribution in [0.2, 0.25) is 0 Å². The van der Waals surface area contributed by atoms with Gasteiger partial charge in [-0.2, -0.15) is 0 Å². The van der Waals surface area contributed by atoms with Crippen LogP contribution in [0.25, 0.3) is 5.57 Å². The predicted molar refractivity (Wildman–Crippen MR) is 90.7 cm³/mol. The maximum Gasteiger partial charge on any atom is 0.119 e. The predicted octanol–water partition coefficient (Wildman–Crippen LogP) is 4.66. The van der Waals surface area contributed by atoms with Crippen LogP contribution in [-0.4, -0.2) is 19.7 Å². The van der Waals surface area contributed by atoms with Gasteiger partial charge >= 0.3 is 0 Å². The van der Waals surface area contributed by atoms with Crippen LogP contribution < -0.4 is 10.1 Å². The molecule has 0 aromatic heterocycles. The van der Waals surface area contributed by atoms with Crippen molar-refractivity contribution in [3.05, 3.63) is 35.9 Å². The maximum absolute atomic E-state index is 5.97. The van der Waals surface area contributed by atoms with Crippen LogP contribution >= 0.6 is 0 Å². The van der Waals surface area contributed by atoms with E-state index in [1.54, 1.807) is 0 Å². The van der Waals surface area contributed by atoms with Gasteiger partial charge in [0, 0.05) is 6.54 Å². The zero-order valence-electron chi connectivity index (χ0n) is 13.5. The Balaban J connectivity index is 1.85. The SMILES string of the molecule is CCCCC(CC)COc1ccc(C2=CCNCC2)cc1. The number of hydrogen-bond acceptors (Lipinski definition) is 2. The van der Waals surface area contributed by atoms with Crippen LogP contribution in [0.1, 0.15) is 51.5 Å². The van der Waals surface area contributed by atoms with Gasteiger partial charge in [0.2, 0.25) is 0 Å². The van der Waals surface area contributed by atoms with Crippen molar-refractivity contribution in [1.29, 1.82) is 0 Å². The summed E-state index contributed by atoms with van der Waals surface area (Å²) in [6.07, 6.45) is 8.48. The van der Waals surface area contributed by atoms with Gasteiger partial charge in [0.25, 0.3) is 0 Å². The lowest BCUT2D eigenvalue weighted by Crippen LogP contribution is -2.19. The maximum atomic E-state index is 5.97. The molecule has 0 radical (unpaired) electrons. The van der Waals surface area contributed by atoms with Gasteiger partial charge in [-0.1, -0.05) is 51.3 Å². The number of benzene rings is 1. The average Bonchev–Trinajstić information content (AvgIpc) is 2.56. The Morgan fingerprint density at radius 3 is 2.62 bits per heavy atom. The summed E-state index contributed by atoms with van der Waals surface area (Å²) in [5, 5.41) is 3.35. The van der Waals surface area contributed by atoms with E-state index >= 15 is 0 Å². The Kier molecular flexibility index (Phi) is 6.81. The van der Waals surface area contributed by atoms with E-state index in [-0.39, 0.29) is 0 Å². The molecule has 1 aromatic rings. The molecule has 1 aliphatic rings. The van der Waals surface area contributed by atoms with E-state index in [1.165, 1.54) is 36.8 Å². The summed E-state index contributed by atoms with van der Waals surface area (Å²) in [5.74, 6) is 1.69. The summed E-state index contributed by atoms with van der Waals surface area (Å²) in [6, 6.07) is 8.62. The highest BCUT2D eigenvalue weighted by molar-refractivity contribution is 5.67. The van der Waals surface area contributed by atoms with Gasteiger partial charge in [0.1, 0.15) is 5.75 Å². The van der Waals surface area contributed by atoms with Crippen molar-refractivity contribution in [3.8, 4) is 5.75 Å². The molecule has 1 N–H and O–H groups in total. The van der Waals surface area contributed by atoms with Crippen LogP contribution in [-0.2, 0) is 0 Å². The molecule has 0 spiro atoms. The molecular formula is C19H29NO. The Morgan fingerprint density at radius 1 is 1.19 bits per heavy atom. The minimum Gasteiger partial charge on any atom is -0.493 e. The van der Waals surface area contributed by atoms with E-state index < -0.39 is 0 Å². The Labute approximate surface area is 129 Å². The fraction of sp³-hybridized carbons (Fsp3) is 0.579. The van der Waals surface area contributed by atoms with Gasteiger partial charge in [-0.15, -0.1) is 0 Å². The van der Waals surface area contributed by atoms with Crippen LogP contribution in [0.3, 0.4) is 0 Å². The highest BCUT2D eigenvalue weighted by Gasteiger charge is 2.08. The van der Waals surface area contributed by atoms with Gasteiger partial charge in [-0.25, -0.2) is 0 Å². The smallest absolute Gasteiger partial charge is 0.119 e. The lowest BCUT2D eigenvalue weighted by molar-refractivity contribution is 0.233. The van der Waals surface area contributed by atoms with Crippen LogP contribution in [0, 0.1) is 5.92 Å². The third-order valence-electron chi connectivity index (χ3n) is 4.32. The first-order valence-electron chi connectivity index (χ1n) is 8.46. The van der Waals surface area contributed by atoms with E-state index in [0.29, 0.717) is 5.92 Å². The van der Waals surface area contributed by atoms with Crippen LogP contribution in [0.4, 0.5) is 0 Å². The van der Waals surface area contributed by atoms with Gasteiger partial charge in [-0.3, -0.25) is 0 Å². The van der Waals surface area contributed by atoms with Crippen molar-refractivity contribution in [1.82, 2.24) is 5.32 Å². The number of rotatable bonds is 8. The van der Waals surface area contributed by atoms with E-state index in [4.69, 9.17) is 4.74 Å². The first-order valence-corrected chi connectivity index (χ1v) is 8.46. The molecule has 0 fully saturated rings. The standard InChI is InChI=1S/C19H29NO/c1-3-5-6-16(4-2)15-21-19-9-7-17(8-10-19)18-11-13-20-14-12-18/h7-11,16,20H,3-6,12-15H2,1-2H3. The highest BCUT2D eigenvalue weighted by atomic mass is 16.5. The van der Waals surface area contributed by atoms with Gasteiger partial charge in [0.15, 0.2) is 0 Å². The highest BCUT2D eigenvalue weighted by Crippen LogP contribution is 2.23. The topological polar surface area (TPSA) is 21.3 Å². The largest absolute Gasteiger partial charge is 0.493 e. The molecular weight excluding hydrogens is 258 g/mol. The van der Waals surface area contributed by atoms with Crippen molar-refractivity contribution < 1.29 is 4.74 Å². The molecule has 2 rings (SSSR count). The number of unbranched alkanes of at least 4 members (excludes halogenated alkanes) is 1. The zero-order chi connectivity index (χ0) is 14.9. The second kappa shape index (κ2) is 8.89. The molecule has 1 aromatic carbocycles. The van der Waals surface area contributed by atoms with E-state index in [1.807, 2.05) is 0 Å². The minimum absolute atomic E-state index is 0.691. The molecule has 2 heteroatoms. The van der Waals surface area contributed by atoms with Crippen LogP contribution in [0.15, 0.2) is 30.3 Å². The van der Waals surface area contributed by atoms with Gasteiger partial charge in [0.05, 0.1) is 6.61 Å². The van der Waals surface area contributed by atoms with E-state index in [2.05, 4.69) is 49.5 Å². The van der Waals surface area contributed by atoms with Crippen molar-refractivity contribution in [2.45, 2.75) is 46.0 Å². The van der Waals surface area contributed by atoms with Crippen molar-refractivity contribution in [3.63, 3.8) is 0 Å². The Bertz CT molecular complexity index is 435. The summed E-state index contributed by atoms with van der Waals surface area (Å²) >= 11 is 0. The lowest BCUT2D eigenvalue weighted by atomic mass is 10.00. The molecule has 0 bridgehead atoms. The first-order chi connectivity index (χ1) is 10.3. The quantitative estimate of drug-likeness (QED) is 0.751. The third kappa shape index (κ3) is 5.20. The molecule has 1 heterocycles. The second-order valence-corrected chi connectivity index (χ2v) is 5.94. The zero-order valence-corrected chi connectivity index (χ0v) is 13.5. The monoisotopic (exact) mass is 287 g/mol. The average molecular weight is 287 g/mol. The number of hydrogen-bond donors (Lipinski definition) is 1. The fourth-order valence-electron chi connectivity index (χ4n) is 2.76. The number of ether oxygens (including phenoxy) is 1. The molecule has 1 atom stereocenters. The summed E-state index contributed by atoms with van der Waals surface area (Å²) in [4.78, 5) is 0. The van der Waals surface area contributed by atoms with Gasteiger partial charge in [-0.05, 0) is 48.6 Å². The molecule has 116 valence electrons. The summed E-state index contributed by atoms with van der Waals surface area (Å²) < 4.78 is 5.97. The molecule has 0 aliphatic carbocycles. The summed E-state index contributed by atoms with van der Waals surface area (Å²) in [7, 11) is 0. The van der Waals surface area contributed by atoms with Crippen molar-refractivity contribution in [2.75, 3.05) is 19.7 Å². The molecule has 0 saturated carbocycles. The van der Waals surface area contributed by atoms with Crippen LogP contribution in [0.5, 0.6) is 5.75 Å². The Morgan fingerprint density at radius 2 is 2.00 bits per heavy atom. The van der Waals surface area contributed by atoms with Gasteiger partial charge < -0.3 is 10.1 Å². The summed E-state index contributed by atoms with van der Waals surface area (Å²) in [6.45, 7) is 7.43. The fourth-order valence-corrected chi connectivity index (χ4v) is 2.76. The first kappa shape index (κ1) is 16.1. The van der Waals surface area contributed by atoms with E-state index in [0.717, 1.165) is 31.9 Å². The van der Waals surface area contributed by atoms with Crippen molar-refractivity contribution in [2.24, 2.45) is 5.92 Å². The van der Waals surface area contributed by atoms with E-state index in [9.17, 15) is 0 Å². The normalized spacial score (nSPS) is 16.4. The molecule has 1 unspecified atom stereocenters. The van der Waals surface area contributed by atoms with Crippen molar-refractivity contribution >= 4 is 5.57 Å². The molecule has 21 heavy (non-hydrogen) atoms. The second-order valence-electron chi connectivity index (χ2n) is 5.94. The molecule has 0 amide bonds. The minimum atomic E-state index is 0.691. The molecule has 1 aliphatic heterocycles. The lowest BCUT2D eigenvalue weighted by Gasteiger charge is -2.17. The summed E-state index contributed by atoms with van der Waals surface area (Å²) in [5.41, 5.74) is 2.79. The Hall–Kier alpha value is -1.28. The molecule has 0 saturated heterocycles. The third-order valence-corrected chi connectivity index (χ3v) is 4.32. The molecule has 2 nitrogen and oxygen atoms in total. The number of nitrogens with one attached hydrogen (secondary N) is 1.